The van der Waals surface area contributed by atoms with Gasteiger partial charge in [-0.2, -0.15) is 0 Å². The van der Waals surface area contributed by atoms with Crippen LogP contribution in [0.25, 0.3) is 10.9 Å². The van der Waals surface area contributed by atoms with Gasteiger partial charge < -0.3 is 14.4 Å². The minimum Gasteiger partial charge on any atom is -0.493 e. The van der Waals surface area contributed by atoms with Crippen molar-refractivity contribution in [3.8, 4) is 11.5 Å². The van der Waals surface area contributed by atoms with Crippen molar-refractivity contribution < 1.29 is 14.5 Å². The standard InChI is InChI=1S/C20H27N3O2/c1-24-18-12-16-14-6-4-7-15(14)20(21)22-17(16)13-19(18)25-11-5-10-23-8-2-3-9-23/h12-13H,2-11H2,1H3,(H2,21,22)/p+1. The largest absolute Gasteiger partial charge is 0.493 e. The number of hydrogen-bond donors (Lipinski definition) is 1. The van der Waals surface area contributed by atoms with Crippen molar-refractivity contribution in [3.05, 3.63) is 23.3 Å². The normalized spacial score (nSPS) is 17.2. The van der Waals surface area contributed by atoms with E-state index in [0.29, 0.717) is 6.61 Å². The van der Waals surface area contributed by atoms with Crippen LogP contribution < -0.4 is 20.2 Å². The van der Waals surface area contributed by atoms with E-state index >= 15 is 0 Å². The molecule has 5 heteroatoms. The maximum absolute atomic E-state index is 6.22. The Morgan fingerprint density at radius 3 is 2.68 bits per heavy atom. The number of pyridine rings is 1. The molecule has 1 aliphatic heterocycles. The molecule has 0 spiro atoms. The van der Waals surface area contributed by atoms with E-state index in [1.165, 1.54) is 48.9 Å². The summed E-state index contributed by atoms with van der Waals surface area (Å²) in [5.74, 6) is 2.40. The number of benzene rings is 1. The van der Waals surface area contributed by atoms with Crippen LogP contribution in [0.2, 0.25) is 0 Å². The number of nitrogens with zero attached hydrogens (tertiary/aromatic N) is 1. The summed E-state index contributed by atoms with van der Waals surface area (Å²) in [5, 5.41) is 1.21. The van der Waals surface area contributed by atoms with Crippen LogP contribution in [0.4, 0.5) is 5.82 Å². The number of aromatic amines is 1. The van der Waals surface area contributed by atoms with Crippen LogP contribution >= 0.6 is 0 Å². The second-order valence-corrected chi connectivity index (χ2v) is 7.15. The zero-order valence-corrected chi connectivity index (χ0v) is 15.1. The number of hydrogen-bond acceptors (Lipinski definition) is 4. The Hall–Kier alpha value is -2.01. The zero-order chi connectivity index (χ0) is 17.2. The Balaban J connectivity index is 1.53. The Bertz CT molecular complexity index is 769. The van der Waals surface area contributed by atoms with E-state index in [1.807, 2.05) is 6.07 Å². The van der Waals surface area contributed by atoms with Gasteiger partial charge in [-0.15, -0.1) is 0 Å². The van der Waals surface area contributed by atoms with Crippen LogP contribution in [-0.4, -0.2) is 38.3 Å². The number of aromatic nitrogens is 1. The first-order chi connectivity index (χ1) is 12.3. The number of nitrogens with one attached hydrogen (secondary N) is 1. The van der Waals surface area contributed by atoms with Crippen molar-refractivity contribution in [2.45, 2.75) is 38.5 Å². The monoisotopic (exact) mass is 342 g/mol. The van der Waals surface area contributed by atoms with E-state index in [-0.39, 0.29) is 0 Å². The molecule has 0 radical (unpaired) electrons. The lowest BCUT2D eigenvalue weighted by atomic mass is 10.0. The number of rotatable bonds is 6. The molecule has 3 N–H and O–H groups in total. The zero-order valence-electron chi connectivity index (χ0n) is 15.1. The third-order valence-corrected chi connectivity index (χ3v) is 5.52. The SMILES string of the molecule is COc1cc2c3c(c(N)[nH+]c2cc1OCCCN1CCCC1)CCC3. The van der Waals surface area contributed by atoms with E-state index in [1.54, 1.807) is 7.11 Å². The van der Waals surface area contributed by atoms with Gasteiger partial charge in [0, 0.05) is 23.6 Å². The van der Waals surface area contributed by atoms with E-state index in [4.69, 9.17) is 15.2 Å². The average Bonchev–Trinajstić information content (AvgIpc) is 3.30. The van der Waals surface area contributed by atoms with Crippen LogP contribution in [0.1, 0.15) is 36.8 Å². The fraction of sp³-hybridized carbons (Fsp3) is 0.550. The molecule has 0 saturated carbocycles. The predicted molar refractivity (Wildman–Crippen MR) is 99.3 cm³/mol. The maximum atomic E-state index is 6.22. The summed E-state index contributed by atoms with van der Waals surface area (Å²) in [6, 6.07) is 4.14. The van der Waals surface area contributed by atoms with Crippen molar-refractivity contribution in [2.75, 3.05) is 39.1 Å². The van der Waals surface area contributed by atoms with E-state index in [9.17, 15) is 0 Å². The highest BCUT2D eigenvalue weighted by atomic mass is 16.5. The summed E-state index contributed by atoms with van der Waals surface area (Å²) in [4.78, 5) is 5.86. The Morgan fingerprint density at radius 1 is 1.08 bits per heavy atom. The highest BCUT2D eigenvalue weighted by Crippen LogP contribution is 2.37. The van der Waals surface area contributed by atoms with Crippen molar-refractivity contribution in [1.29, 1.82) is 0 Å². The van der Waals surface area contributed by atoms with Gasteiger partial charge in [-0.3, -0.25) is 5.73 Å². The number of aryl methyl sites for hydroxylation is 1. The highest BCUT2D eigenvalue weighted by Gasteiger charge is 2.23. The number of nitrogens with two attached hydrogens (primary N) is 1. The molecule has 0 unspecified atom stereocenters. The average molecular weight is 342 g/mol. The summed E-state index contributed by atoms with van der Waals surface area (Å²) < 4.78 is 11.6. The molecule has 0 amide bonds. The molecule has 0 atom stereocenters. The third-order valence-electron chi connectivity index (χ3n) is 5.52. The van der Waals surface area contributed by atoms with Gasteiger partial charge in [0.25, 0.3) is 5.82 Å². The molecule has 2 heterocycles. The van der Waals surface area contributed by atoms with Crippen molar-refractivity contribution >= 4 is 16.7 Å². The molecule has 25 heavy (non-hydrogen) atoms. The van der Waals surface area contributed by atoms with Crippen LogP contribution in [0, 0.1) is 0 Å². The summed E-state index contributed by atoms with van der Waals surface area (Å²) in [7, 11) is 1.71. The molecule has 2 aromatic rings. The summed E-state index contributed by atoms with van der Waals surface area (Å²) in [6.45, 7) is 4.29. The van der Waals surface area contributed by atoms with Crippen molar-refractivity contribution in [3.63, 3.8) is 0 Å². The minimum atomic E-state index is 0.707. The minimum absolute atomic E-state index is 0.707. The van der Waals surface area contributed by atoms with E-state index in [2.05, 4.69) is 16.0 Å². The van der Waals surface area contributed by atoms with Gasteiger partial charge in [0.1, 0.15) is 5.52 Å². The molecule has 1 fully saturated rings. The first kappa shape index (κ1) is 16.5. The van der Waals surface area contributed by atoms with Crippen molar-refractivity contribution in [1.82, 2.24) is 4.90 Å². The molecular weight excluding hydrogens is 314 g/mol. The lowest BCUT2D eigenvalue weighted by molar-refractivity contribution is -0.327. The van der Waals surface area contributed by atoms with Gasteiger partial charge in [-0.25, -0.2) is 4.98 Å². The lowest BCUT2D eigenvalue weighted by Gasteiger charge is -2.16. The number of anilines is 1. The van der Waals surface area contributed by atoms with Crippen LogP contribution in [0.5, 0.6) is 11.5 Å². The predicted octanol–water partition coefficient (Wildman–Crippen LogP) is 2.60. The van der Waals surface area contributed by atoms with Gasteiger partial charge in [0.15, 0.2) is 11.5 Å². The molecule has 134 valence electrons. The van der Waals surface area contributed by atoms with E-state index < -0.39 is 0 Å². The van der Waals surface area contributed by atoms with Gasteiger partial charge in [0.2, 0.25) is 0 Å². The number of H-pyrrole nitrogens is 1. The smallest absolute Gasteiger partial charge is 0.274 e. The maximum Gasteiger partial charge on any atom is 0.274 e. The fourth-order valence-electron chi connectivity index (χ4n) is 4.22. The van der Waals surface area contributed by atoms with Gasteiger partial charge in [-0.05, 0) is 63.2 Å². The molecule has 2 aliphatic rings. The topological polar surface area (TPSA) is 61.9 Å². The molecule has 4 rings (SSSR count). The fourth-order valence-corrected chi connectivity index (χ4v) is 4.22. The number of ether oxygens (including phenoxy) is 2. The van der Waals surface area contributed by atoms with Crippen LogP contribution in [0.15, 0.2) is 12.1 Å². The summed E-state index contributed by atoms with van der Waals surface area (Å²) in [5.41, 5.74) is 9.89. The van der Waals surface area contributed by atoms with Crippen molar-refractivity contribution in [2.24, 2.45) is 0 Å². The quantitative estimate of drug-likeness (QED) is 0.820. The van der Waals surface area contributed by atoms with Gasteiger partial charge >= 0.3 is 0 Å². The first-order valence-corrected chi connectivity index (χ1v) is 9.45. The summed E-state index contributed by atoms with van der Waals surface area (Å²) >= 11 is 0. The second-order valence-electron chi connectivity index (χ2n) is 7.15. The summed E-state index contributed by atoms with van der Waals surface area (Å²) in [6.07, 6.45) is 7.03. The lowest BCUT2D eigenvalue weighted by Crippen LogP contribution is -2.22. The van der Waals surface area contributed by atoms with Crippen LogP contribution in [-0.2, 0) is 12.8 Å². The number of nitrogen functional groups attached to an aromatic ring is 1. The first-order valence-electron chi connectivity index (χ1n) is 9.45. The van der Waals surface area contributed by atoms with Gasteiger partial charge in [-0.1, -0.05) is 0 Å². The molecule has 0 bridgehead atoms. The third kappa shape index (κ3) is 3.25. The number of fused-ring (bicyclic) bond motifs is 3. The molecule has 5 nitrogen and oxygen atoms in total. The van der Waals surface area contributed by atoms with Crippen LogP contribution in [0.3, 0.4) is 0 Å². The highest BCUT2D eigenvalue weighted by molar-refractivity contribution is 5.86. The Labute approximate surface area is 149 Å². The Morgan fingerprint density at radius 2 is 1.88 bits per heavy atom. The molecule has 1 aromatic heterocycles. The number of methoxy groups -OCH3 is 1. The molecule has 1 aromatic carbocycles. The molecule has 1 aliphatic carbocycles. The molecule has 1 saturated heterocycles. The van der Waals surface area contributed by atoms with Gasteiger partial charge in [0.05, 0.1) is 13.7 Å². The Kier molecular flexibility index (Phi) is 4.66. The molecular formula is C20H28N3O2+. The number of likely N-dealkylation sites (tertiary alicyclic amines) is 1. The van der Waals surface area contributed by atoms with E-state index in [0.717, 1.165) is 48.6 Å². The second kappa shape index (κ2) is 7.08.